The number of nitrogens with one attached hydrogen (secondary N) is 2. The molecule has 0 bridgehead atoms. The fraction of sp³-hybridized carbons (Fsp3) is 0.833. The highest BCUT2D eigenvalue weighted by molar-refractivity contribution is 5.73. The molecule has 25 heavy (non-hydrogen) atoms. The number of amides is 2. The van der Waals surface area contributed by atoms with Crippen molar-refractivity contribution >= 4 is 6.03 Å². The third-order valence-corrected chi connectivity index (χ3v) is 5.35. The summed E-state index contributed by atoms with van der Waals surface area (Å²) in [4.78, 5) is 12.0. The molecule has 2 amide bonds. The summed E-state index contributed by atoms with van der Waals surface area (Å²) in [5.74, 6) is 2.52. The van der Waals surface area contributed by atoms with Crippen LogP contribution in [0, 0.1) is 5.92 Å². The molecule has 0 unspecified atom stereocenters. The Kier molecular flexibility index (Phi) is 6.67. The first kappa shape index (κ1) is 18.2. The van der Waals surface area contributed by atoms with Gasteiger partial charge in [-0.25, -0.2) is 4.79 Å². The van der Waals surface area contributed by atoms with Gasteiger partial charge in [0.25, 0.3) is 0 Å². The van der Waals surface area contributed by atoms with Crippen LogP contribution < -0.4 is 10.6 Å². The number of ether oxygens (including phenoxy) is 1. The smallest absolute Gasteiger partial charge is 0.315 e. The summed E-state index contributed by atoms with van der Waals surface area (Å²) in [5, 5.41) is 14.2. The lowest BCUT2D eigenvalue weighted by Gasteiger charge is -2.28. The summed E-state index contributed by atoms with van der Waals surface area (Å²) in [6.07, 6.45) is 9.86. The van der Waals surface area contributed by atoms with E-state index in [1.54, 1.807) is 0 Å². The first-order valence-corrected chi connectivity index (χ1v) is 9.78. The van der Waals surface area contributed by atoms with Crippen molar-refractivity contribution in [1.29, 1.82) is 0 Å². The normalized spacial score (nSPS) is 23.6. The molecular formula is C18H31N5O2. The Morgan fingerprint density at radius 2 is 2.04 bits per heavy atom. The number of hydrogen-bond donors (Lipinski definition) is 2. The van der Waals surface area contributed by atoms with Crippen LogP contribution in [-0.4, -0.2) is 40.1 Å². The number of carbonyl (C=O) groups is 1. The van der Waals surface area contributed by atoms with Crippen molar-refractivity contribution in [3.8, 4) is 0 Å². The van der Waals surface area contributed by atoms with Gasteiger partial charge in [0, 0.05) is 19.5 Å². The van der Waals surface area contributed by atoms with Gasteiger partial charge in [0.15, 0.2) is 5.82 Å². The summed E-state index contributed by atoms with van der Waals surface area (Å²) in [5.41, 5.74) is 0. The first-order valence-electron chi connectivity index (χ1n) is 9.78. The molecule has 2 heterocycles. The molecular weight excluding hydrogens is 318 g/mol. The zero-order chi connectivity index (χ0) is 17.5. The van der Waals surface area contributed by atoms with Crippen molar-refractivity contribution in [3.05, 3.63) is 11.6 Å². The highest BCUT2D eigenvalue weighted by atomic mass is 16.5. The standard InChI is InChI=1S/C18H31N5O2/c1-14-7-4-5-8-15(14)25-12-10-19-18(24)20-13-17-22-21-16-9-3-2-6-11-23(16)17/h14-15H,2-13H2,1H3,(H2,19,20,24)/t14-,15-/m0/s1. The van der Waals surface area contributed by atoms with Crippen molar-refractivity contribution in [1.82, 2.24) is 25.4 Å². The Labute approximate surface area is 149 Å². The lowest BCUT2D eigenvalue weighted by molar-refractivity contribution is -0.00243. The van der Waals surface area contributed by atoms with Crippen LogP contribution in [0.15, 0.2) is 0 Å². The maximum Gasteiger partial charge on any atom is 0.315 e. The number of nitrogens with zero attached hydrogens (tertiary/aromatic N) is 3. The zero-order valence-corrected chi connectivity index (χ0v) is 15.3. The average Bonchev–Trinajstić information content (AvgIpc) is 2.85. The minimum Gasteiger partial charge on any atom is -0.376 e. The van der Waals surface area contributed by atoms with E-state index in [2.05, 4.69) is 32.3 Å². The highest BCUT2D eigenvalue weighted by Gasteiger charge is 2.21. The predicted molar refractivity (Wildman–Crippen MR) is 95.2 cm³/mol. The summed E-state index contributed by atoms with van der Waals surface area (Å²) in [6.45, 7) is 4.73. The van der Waals surface area contributed by atoms with Gasteiger partial charge in [-0.15, -0.1) is 10.2 Å². The van der Waals surface area contributed by atoms with E-state index in [1.165, 1.54) is 32.1 Å². The van der Waals surface area contributed by atoms with Crippen molar-refractivity contribution in [2.75, 3.05) is 13.2 Å². The van der Waals surface area contributed by atoms with Gasteiger partial charge in [0.1, 0.15) is 5.82 Å². The maximum absolute atomic E-state index is 12.0. The Bertz CT molecular complexity index is 560. The molecule has 7 nitrogen and oxygen atoms in total. The molecule has 1 fully saturated rings. The van der Waals surface area contributed by atoms with Crippen molar-refractivity contribution in [2.45, 2.75) is 77.5 Å². The van der Waals surface area contributed by atoms with Gasteiger partial charge in [-0.3, -0.25) is 0 Å². The topological polar surface area (TPSA) is 81.1 Å². The molecule has 3 rings (SSSR count). The largest absolute Gasteiger partial charge is 0.376 e. The van der Waals surface area contributed by atoms with Gasteiger partial charge >= 0.3 is 6.03 Å². The second kappa shape index (κ2) is 9.17. The Balaban J connectivity index is 1.34. The number of fused-ring (bicyclic) bond motifs is 1. The fourth-order valence-electron chi connectivity index (χ4n) is 3.80. The van der Waals surface area contributed by atoms with Crippen molar-refractivity contribution < 1.29 is 9.53 Å². The molecule has 2 N–H and O–H groups in total. The van der Waals surface area contributed by atoms with E-state index in [4.69, 9.17) is 4.74 Å². The monoisotopic (exact) mass is 349 g/mol. The van der Waals surface area contributed by atoms with Gasteiger partial charge in [-0.05, 0) is 31.6 Å². The molecule has 0 radical (unpaired) electrons. The van der Waals surface area contributed by atoms with Crippen LogP contribution in [0.5, 0.6) is 0 Å². The molecule has 2 aliphatic rings. The molecule has 0 spiro atoms. The summed E-state index contributed by atoms with van der Waals surface area (Å²) < 4.78 is 8.07. The third kappa shape index (κ3) is 5.17. The summed E-state index contributed by atoms with van der Waals surface area (Å²) in [7, 11) is 0. The van der Waals surface area contributed by atoms with Crippen LogP contribution in [0.2, 0.25) is 0 Å². The van der Waals surface area contributed by atoms with E-state index >= 15 is 0 Å². The number of aryl methyl sites for hydroxylation is 1. The zero-order valence-electron chi connectivity index (χ0n) is 15.3. The Hall–Kier alpha value is -1.63. The van der Waals surface area contributed by atoms with Gasteiger partial charge in [-0.1, -0.05) is 26.2 Å². The SMILES string of the molecule is C[C@H]1CCCC[C@@H]1OCCNC(=O)NCc1nnc2n1CCCCC2. The number of urea groups is 1. The Morgan fingerprint density at radius 3 is 2.92 bits per heavy atom. The van der Waals surface area contributed by atoms with Gasteiger partial charge < -0.3 is 19.9 Å². The van der Waals surface area contributed by atoms with Gasteiger partial charge in [0.05, 0.1) is 19.3 Å². The van der Waals surface area contributed by atoms with E-state index in [-0.39, 0.29) is 6.03 Å². The average molecular weight is 349 g/mol. The van der Waals surface area contributed by atoms with Crippen LogP contribution in [0.3, 0.4) is 0 Å². The van der Waals surface area contributed by atoms with E-state index in [0.717, 1.165) is 37.5 Å². The van der Waals surface area contributed by atoms with E-state index < -0.39 is 0 Å². The van der Waals surface area contributed by atoms with Crippen molar-refractivity contribution in [3.63, 3.8) is 0 Å². The van der Waals surface area contributed by atoms with Gasteiger partial charge in [-0.2, -0.15) is 0 Å². The molecule has 1 aliphatic carbocycles. The number of rotatable bonds is 6. The van der Waals surface area contributed by atoms with E-state index in [9.17, 15) is 4.79 Å². The predicted octanol–water partition coefficient (Wildman–Crippen LogP) is 2.40. The van der Waals surface area contributed by atoms with Crippen LogP contribution in [0.4, 0.5) is 4.79 Å². The first-order chi connectivity index (χ1) is 12.2. The molecule has 0 aromatic carbocycles. The maximum atomic E-state index is 12.0. The number of carbonyl (C=O) groups excluding carboxylic acids is 1. The lowest BCUT2D eigenvalue weighted by atomic mass is 9.88. The molecule has 1 aromatic rings. The second-order valence-corrected chi connectivity index (χ2v) is 7.28. The highest BCUT2D eigenvalue weighted by Crippen LogP contribution is 2.25. The summed E-state index contributed by atoms with van der Waals surface area (Å²) >= 11 is 0. The summed E-state index contributed by atoms with van der Waals surface area (Å²) in [6, 6.07) is -0.175. The van der Waals surface area contributed by atoms with Crippen LogP contribution >= 0.6 is 0 Å². The number of hydrogen-bond acceptors (Lipinski definition) is 4. The van der Waals surface area contributed by atoms with Crippen LogP contribution in [0.1, 0.15) is 63.5 Å². The van der Waals surface area contributed by atoms with Gasteiger partial charge in [0.2, 0.25) is 0 Å². The number of aromatic nitrogens is 3. The molecule has 140 valence electrons. The third-order valence-electron chi connectivity index (χ3n) is 5.35. The molecule has 2 atom stereocenters. The Morgan fingerprint density at radius 1 is 1.16 bits per heavy atom. The van der Waals surface area contributed by atoms with E-state index in [1.807, 2.05) is 0 Å². The minimum absolute atomic E-state index is 0.175. The molecule has 7 heteroatoms. The minimum atomic E-state index is -0.175. The molecule has 0 saturated heterocycles. The lowest BCUT2D eigenvalue weighted by Crippen LogP contribution is -2.38. The van der Waals surface area contributed by atoms with Crippen LogP contribution in [0.25, 0.3) is 0 Å². The van der Waals surface area contributed by atoms with E-state index in [0.29, 0.717) is 31.7 Å². The molecule has 1 saturated carbocycles. The molecule has 1 aromatic heterocycles. The molecule has 1 aliphatic heterocycles. The van der Waals surface area contributed by atoms with Crippen LogP contribution in [-0.2, 0) is 24.2 Å². The second-order valence-electron chi connectivity index (χ2n) is 7.28. The quantitative estimate of drug-likeness (QED) is 0.773. The van der Waals surface area contributed by atoms with Crippen molar-refractivity contribution in [2.24, 2.45) is 5.92 Å². The fourth-order valence-corrected chi connectivity index (χ4v) is 3.80.